The zero-order valence-electron chi connectivity index (χ0n) is 16.7. The lowest BCUT2D eigenvalue weighted by atomic mass is 10.1. The van der Waals surface area contributed by atoms with Gasteiger partial charge in [-0.05, 0) is 29.3 Å². The molecule has 1 aromatic carbocycles. The minimum absolute atomic E-state index is 0.139. The second-order valence-electron chi connectivity index (χ2n) is 7.25. The molecule has 15 heteroatoms. The number of fused-ring (bicyclic) bond motifs is 1. The van der Waals surface area contributed by atoms with Crippen LogP contribution in [0.4, 0.5) is 0 Å². The maximum atomic E-state index is 10.9. The van der Waals surface area contributed by atoms with Gasteiger partial charge in [0.15, 0.2) is 11.9 Å². The van der Waals surface area contributed by atoms with Crippen LogP contribution in [0.15, 0.2) is 30.5 Å². The summed E-state index contributed by atoms with van der Waals surface area (Å²) in [7, 11) is -4.39. The van der Waals surface area contributed by atoms with Crippen LogP contribution in [0.25, 0.3) is 11.0 Å². The quantitative estimate of drug-likeness (QED) is 0.250. The van der Waals surface area contributed by atoms with Crippen LogP contribution in [0, 0.1) is 0 Å². The predicted octanol–water partition coefficient (Wildman–Crippen LogP) is 1.48. The van der Waals surface area contributed by atoms with Crippen molar-refractivity contribution in [3.63, 3.8) is 0 Å². The molecule has 0 bridgehead atoms. The molecule has 1 saturated heterocycles. The molecule has 2 aromatic heterocycles. The zero-order chi connectivity index (χ0) is 23.8. The number of aliphatic hydroxyl groups is 2. The van der Waals surface area contributed by atoms with E-state index in [0.29, 0.717) is 10.4 Å². The largest absolute Gasteiger partial charge is 0.472 e. The number of ether oxygens (including phenoxy) is 3. The zero-order valence-corrected chi connectivity index (χ0v) is 19.1. The number of benzene rings is 1. The van der Waals surface area contributed by atoms with Gasteiger partial charge >= 0.3 is 7.60 Å². The molecule has 3 heterocycles. The minimum atomic E-state index is -4.39. The van der Waals surface area contributed by atoms with E-state index in [1.165, 1.54) is 10.9 Å². The highest BCUT2D eigenvalue weighted by molar-refractivity contribution is 7.51. The molecule has 0 spiro atoms. The van der Waals surface area contributed by atoms with Gasteiger partial charge in [0.25, 0.3) is 0 Å². The average molecular weight is 521 g/mol. The molecular weight excluding hydrogens is 502 g/mol. The Labute approximate surface area is 196 Å². The smallest absolute Gasteiger partial charge is 0.350 e. The van der Waals surface area contributed by atoms with Crippen LogP contribution in [-0.4, -0.2) is 71.0 Å². The molecule has 0 radical (unpaired) electrons. The van der Waals surface area contributed by atoms with Crippen molar-refractivity contribution in [1.29, 1.82) is 0 Å². The second-order valence-corrected chi connectivity index (χ2v) is 9.62. The highest BCUT2D eigenvalue weighted by Crippen LogP contribution is 2.36. The molecule has 33 heavy (non-hydrogen) atoms. The van der Waals surface area contributed by atoms with Gasteiger partial charge in [0.05, 0.1) is 12.8 Å². The Bertz CT molecular complexity index is 1190. The number of aromatic nitrogens is 4. The fraction of sp³-hybridized carbons (Fsp3) is 0.389. The van der Waals surface area contributed by atoms with E-state index in [1.807, 2.05) is 6.07 Å². The van der Waals surface area contributed by atoms with Gasteiger partial charge in [-0.15, -0.1) is 0 Å². The molecule has 178 valence electrons. The fourth-order valence-corrected chi connectivity index (χ4v) is 4.02. The van der Waals surface area contributed by atoms with E-state index in [2.05, 4.69) is 15.1 Å². The second kappa shape index (κ2) is 9.79. The first-order valence-electron chi connectivity index (χ1n) is 9.54. The van der Waals surface area contributed by atoms with Gasteiger partial charge in [0.2, 0.25) is 11.2 Å². The molecule has 1 fully saturated rings. The molecule has 3 aromatic rings. The number of nitrogens with zero attached hydrogens (tertiary/aromatic N) is 4. The van der Waals surface area contributed by atoms with Crippen LogP contribution in [-0.2, 0) is 20.6 Å². The summed E-state index contributed by atoms with van der Waals surface area (Å²) in [5.41, 5.74) is 0.984. The van der Waals surface area contributed by atoms with Crippen LogP contribution in [0.2, 0.25) is 10.3 Å². The summed E-state index contributed by atoms with van der Waals surface area (Å²) in [6.45, 7) is -0.211. The van der Waals surface area contributed by atoms with Crippen molar-refractivity contribution in [3.8, 4) is 5.88 Å². The van der Waals surface area contributed by atoms with Gasteiger partial charge in [-0.2, -0.15) is 15.1 Å². The number of rotatable bonds is 8. The van der Waals surface area contributed by atoms with E-state index in [9.17, 15) is 14.8 Å². The van der Waals surface area contributed by atoms with Crippen LogP contribution >= 0.6 is 30.8 Å². The van der Waals surface area contributed by atoms with E-state index >= 15 is 0 Å². The molecule has 4 N–H and O–H groups in total. The standard InChI is InChI=1S/C18H19Cl2N4O8P/c19-10-3-1-2-9(4-10)6-31-16-11-5-21-24(15(11)22-18(20)23-16)17-14(26)13(25)12(32-17)7-30-8-33(27,28)29/h1-5,12-14,17,25-26H,6-8H2,(H2,27,28,29)/t12-,13-,14-,17-/m1/s1. The van der Waals surface area contributed by atoms with Gasteiger partial charge < -0.3 is 34.2 Å². The average Bonchev–Trinajstić information content (AvgIpc) is 3.27. The molecule has 1 aliphatic heterocycles. The topological polar surface area (TPSA) is 169 Å². The Morgan fingerprint density at radius 1 is 1.18 bits per heavy atom. The Morgan fingerprint density at radius 2 is 1.97 bits per heavy atom. The molecule has 1 aliphatic rings. The molecular formula is C18H19Cl2N4O8P. The van der Waals surface area contributed by atoms with Crippen molar-refractivity contribution in [2.45, 2.75) is 31.1 Å². The lowest BCUT2D eigenvalue weighted by molar-refractivity contribution is -0.0658. The Hall–Kier alpha value is -1.86. The number of halogens is 2. The number of hydrogen-bond acceptors (Lipinski definition) is 9. The van der Waals surface area contributed by atoms with Crippen molar-refractivity contribution in [1.82, 2.24) is 19.7 Å². The van der Waals surface area contributed by atoms with E-state index in [4.69, 9.17) is 47.2 Å². The number of hydrogen-bond donors (Lipinski definition) is 4. The van der Waals surface area contributed by atoms with Gasteiger partial charge in [-0.25, -0.2) is 4.68 Å². The third-order valence-corrected chi connectivity index (χ3v) is 5.70. The summed E-state index contributed by atoms with van der Waals surface area (Å²) in [5.74, 6) is 0.144. The molecule has 0 amide bonds. The molecule has 4 atom stereocenters. The monoisotopic (exact) mass is 520 g/mol. The first-order chi connectivity index (χ1) is 15.6. The number of aliphatic hydroxyl groups excluding tert-OH is 2. The summed E-state index contributed by atoms with van der Waals surface area (Å²) < 4.78 is 28.5. The van der Waals surface area contributed by atoms with E-state index in [1.54, 1.807) is 18.2 Å². The lowest BCUT2D eigenvalue weighted by Crippen LogP contribution is -2.34. The van der Waals surface area contributed by atoms with E-state index < -0.39 is 38.5 Å². The maximum Gasteiger partial charge on any atom is 0.350 e. The summed E-state index contributed by atoms with van der Waals surface area (Å²) in [4.78, 5) is 26.0. The molecule has 0 unspecified atom stereocenters. The fourth-order valence-electron chi connectivity index (χ4n) is 3.31. The summed E-state index contributed by atoms with van der Waals surface area (Å²) in [6.07, 6.45) is -4.51. The van der Waals surface area contributed by atoms with E-state index in [-0.39, 0.29) is 30.0 Å². The van der Waals surface area contributed by atoms with Crippen LogP contribution in [0.5, 0.6) is 5.88 Å². The van der Waals surface area contributed by atoms with Crippen molar-refractivity contribution in [2.75, 3.05) is 13.0 Å². The Morgan fingerprint density at radius 3 is 2.70 bits per heavy atom. The maximum absolute atomic E-state index is 10.9. The SMILES string of the molecule is O=P(O)(O)COC[C@H]1O[C@@H](n2ncc3c(OCc4cccc(Cl)c4)nc(Cl)nc32)[C@H](O)[C@@H]1O. The van der Waals surface area contributed by atoms with Crippen molar-refractivity contribution in [3.05, 3.63) is 46.3 Å². The minimum Gasteiger partial charge on any atom is -0.472 e. The summed E-state index contributed by atoms with van der Waals surface area (Å²) in [5, 5.41) is 25.7. The van der Waals surface area contributed by atoms with Gasteiger partial charge in [-0.3, -0.25) is 4.57 Å². The highest BCUT2D eigenvalue weighted by atomic mass is 35.5. The van der Waals surface area contributed by atoms with Crippen molar-refractivity contribution >= 4 is 41.8 Å². The third kappa shape index (κ3) is 5.62. The first kappa shape index (κ1) is 24.3. The molecule has 0 saturated carbocycles. The van der Waals surface area contributed by atoms with Gasteiger partial charge in [-0.1, -0.05) is 23.7 Å². The van der Waals surface area contributed by atoms with Gasteiger partial charge in [0.1, 0.15) is 36.7 Å². The lowest BCUT2D eigenvalue weighted by Gasteiger charge is -2.16. The predicted molar refractivity (Wildman–Crippen MR) is 115 cm³/mol. The molecule has 4 rings (SSSR count). The van der Waals surface area contributed by atoms with Crippen molar-refractivity contribution < 1.29 is 38.8 Å². The Kier molecular flexibility index (Phi) is 7.20. The van der Waals surface area contributed by atoms with E-state index in [0.717, 1.165) is 5.56 Å². The van der Waals surface area contributed by atoms with Crippen LogP contribution in [0.3, 0.4) is 0 Å². The normalized spacial score (nSPS) is 23.3. The summed E-state index contributed by atoms with van der Waals surface area (Å²) >= 11 is 12.1. The Balaban J connectivity index is 1.54. The van der Waals surface area contributed by atoms with Crippen molar-refractivity contribution in [2.24, 2.45) is 0 Å². The summed E-state index contributed by atoms with van der Waals surface area (Å²) in [6, 6.07) is 7.09. The third-order valence-electron chi connectivity index (χ3n) is 4.78. The first-order valence-corrected chi connectivity index (χ1v) is 12.1. The molecule has 12 nitrogen and oxygen atoms in total. The van der Waals surface area contributed by atoms with Crippen LogP contribution < -0.4 is 4.74 Å². The highest BCUT2D eigenvalue weighted by Gasteiger charge is 2.45. The van der Waals surface area contributed by atoms with Crippen LogP contribution in [0.1, 0.15) is 11.8 Å². The van der Waals surface area contributed by atoms with Gasteiger partial charge in [0, 0.05) is 5.02 Å². The molecule has 0 aliphatic carbocycles.